The molecule has 2 aromatic carbocycles. The van der Waals surface area contributed by atoms with E-state index in [9.17, 15) is 14.4 Å². The summed E-state index contributed by atoms with van der Waals surface area (Å²) in [5.41, 5.74) is 1.74. The van der Waals surface area contributed by atoms with Crippen LogP contribution in [-0.2, 0) is 14.4 Å². The van der Waals surface area contributed by atoms with Gasteiger partial charge in [0.05, 0.1) is 12.0 Å². The normalized spacial score (nSPS) is 21.0. The van der Waals surface area contributed by atoms with E-state index in [-0.39, 0.29) is 48.8 Å². The molecule has 8 heteroatoms. The lowest BCUT2D eigenvalue weighted by Gasteiger charge is -2.33. The SMILES string of the molecule is C[C@H](c1ccccc1)N1C[C@H](C(=O)N2CCC(C(=O)Nc3ccc4c(c3)OCO4)CC2)CC1=O. The van der Waals surface area contributed by atoms with E-state index in [1.807, 2.05) is 47.1 Å². The molecule has 3 heterocycles. The molecule has 0 spiro atoms. The van der Waals surface area contributed by atoms with Crippen molar-refractivity contribution in [3.8, 4) is 11.5 Å². The molecule has 5 rings (SSSR count). The summed E-state index contributed by atoms with van der Waals surface area (Å²) >= 11 is 0. The molecule has 8 nitrogen and oxygen atoms in total. The van der Waals surface area contributed by atoms with E-state index in [1.54, 1.807) is 18.2 Å². The molecule has 2 saturated heterocycles. The van der Waals surface area contributed by atoms with Crippen LogP contribution in [0.1, 0.15) is 37.8 Å². The van der Waals surface area contributed by atoms with Crippen LogP contribution in [-0.4, -0.2) is 53.9 Å². The number of hydrogen-bond donors (Lipinski definition) is 1. The van der Waals surface area contributed by atoms with Crippen LogP contribution in [0.15, 0.2) is 48.5 Å². The number of amides is 3. The van der Waals surface area contributed by atoms with Crippen LogP contribution in [0.4, 0.5) is 5.69 Å². The minimum atomic E-state index is -0.322. The third-order valence-corrected chi connectivity index (χ3v) is 7.07. The molecule has 1 N–H and O–H groups in total. The predicted molar refractivity (Wildman–Crippen MR) is 125 cm³/mol. The lowest BCUT2D eigenvalue weighted by Crippen LogP contribution is -2.44. The van der Waals surface area contributed by atoms with Crippen molar-refractivity contribution >= 4 is 23.4 Å². The minimum Gasteiger partial charge on any atom is -0.454 e. The molecular weight excluding hydrogens is 434 g/mol. The first-order valence-corrected chi connectivity index (χ1v) is 11.8. The average molecular weight is 464 g/mol. The number of piperidine rings is 1. The van der Waals surface area contributed by atoms with E-state index in [1.165, 1.54) is 0 Å². The first kappa shape index (κ1) is 22.3. The monoisotopic (exact) mass is 463 g/mol. The maximum atomic E-state index is 13.1. The summed E-state index contributed by atoms with van der Waals surface area (Å²) in [6.07, 6.45) is 1.46. The van der Waals surface area contributed by atoms with Crippen LogP contribution in [0.25, 0.3) is 0 Å². The Bertz CT molecular complexity index is 1080. The fourth-order valence-corrected chi connectivity index (χ4v) is 5.02. The second-order valence-electron chi connectivity index (χ2n) is 9.19. The van der Waals surface area contributed by atoms with Gasteiger partial charge in [-0.05, 0) is 37.5 Å². The van der Waals surface area contributed by atoms with Gasteiger partial charge in [-0.1, -0.05) is 30.3 Å². The zero-order valence-corrected chi connectivity index (χ0v) is 19.2. The maximum Gasteiger partial charge on any atom is 0.231 e. The van der Waals surface area contributed by atoms with Crippen molar-refractivity contribution in [3.05, 3.63) is 54.1 Å². The summed E-state index contributed by atoms with van der Waals surface area (Å²) in [6, 6.07) is 15.2. The molecule has 0 bridgehead atoms. The number of carbonyl (C=O) groups excluding carboxylic acids is 3. The molecular formula is C26H29N3O5. The van der Waals surface area contributed by atoms with Crippen molar-refractivity contribution in [1.82, 2.24) is 9.80 Å². The molecule has 3 aliphatic heterocycles. The Kier molecular flexibility index (Phi) is 6.13. The molecule has 3 aliphatic rings. The van der Waals surface area contributed by atoms with E-state index in [0.717, 1.165) is 5.56 Å². The van der Waals surface area contributed by atoms with Gasteiger partial charge in [-0.15, -0.1) is 0 Å². The second kappa shape index (κ2) is 9.37. The molecule has 2 fully saturated rings. The lowest BCUT2D eigenvalue weighted by atomic mass is 9.94. The number of carbonyl (C=O) groups is 3. The summed E-state index contributed by atoms with van der Waals surface area (Å²) in [6.45, 7) is 3.69. The average Bonchev–Trinajstić information content (AvgIpc) is 3.50. The molecule has 0 unspecified atom stereocenters. The highest BCUT2D eigenvalue weighted by atomic mass is 16.7. The Morgan fingerprint density at radius 1 is 1.00 bits per heavy atom. The third-order valence-electron chi connectivity index (χ3n) is 7.07. The van der Waals surface area contributed by atoms with Crippen LogP contribution in [0.2, 0.25) is 0 Å². The summed E-state index contributed by atoms with van der Waals surface area (Å²) in [7, 11) is 0. The molecule has 0 saturated carbocycles. The van der Waals surface area contributed by atoms with Crippen LogP contribution in [0, 0.1) is 11.8 Å². The number of nitrogens with zero attached hydrogens (tertiary/aromatic N) is 2. The Morgan fingerprint density at radius 3 is 2.50 bits per heavy atom. The van der Waals surface area contributed by atoms with Crippen LogP contribution >= 0.6 is 0 Å². The van der Waals surface area contributed by atoms with Gasteiger partial charge >= 0.3 is 0 Å². The van der Waals surface area contributed by atoms with Crippen molar-refractivity contribution in [1.29, 1.82) is 0 Å². The van der Waals surface area contributed by atoms with Gasteiger partial charge in [-0.2, -0.15) is 0 Å². The van der Waals surface area contributed by atoms with E-state index in [2.05, 4.69) is 5.32 Å². The Morgan fingerprint density at radius 2 is 1.74 bits per heavy atom. The first-order chi connectivity index (χ1) is 16.5. The Hall–Kier alpha value is -3.55. The highest BCUT2D eigenvalue weighted by Gasteiger charge is 2.40. The van der Waals surface area contributed by atoms with E-state index in [0.29, 0.717) is 49.7 Å². The van der Waals surface area contributed by atoms with E-state index in [4.69, 9.17) is 9.47 Å². The number of benzene rings is 2. The molecule has 0 aromatic heterocycles. The van der Waals surface area contributed by atoms with Gasteiger partial charge in [0.25, 0.3) is 0 Å². The van der Waals surface area contributed by atoms with Gasteiger partial charge in [-0.25, -0.2) is 0 Å². The summed E-state index contributed by atoms with van der Waals surface area (Å²) < 4.78 is 10.7. The van der Waals surface area contributed by atoms with Crippen molar-refractivity contribution in [2.24, 2.45) is 11.8 Å². The lowest BCUT2D eigenvalue weighted by molar-refractivity contribution is -0.138. The van der Waals surface area contributed by atoms with E-state index >= 15 is 0 Å². The zero-order chi connectivity index (χ0) is 23.7. The van der Waals surface area contributed by atoms with Gasteiger partial charge in [0, 0.05) is 43.7 Å². The molecule has 0 aliphatic carbocycles. The standard InChI is InChI=1S/C26H29N3O5/c1-17(18-5-3-2-4-6-18)29-15-20(13-24(29)30)26(32)28-11-9-19(10-12-28)25(31)27-21-7-8-22-23(14-21)34-16-33-22/h2-8,14,17,19-20H,9-13,15-16H2,1H3,(H,27,31)/t17-,20-/m1/s1. The molecule has 34 heavy (non-hydrogen) atoms. The van der Waals surface area contributed by atoms with E-state index < -0.39 is 0 Å². The van der Waals surface area contributed by atoms with Gasteiger partial charge in [0.1, 0.15) is 0 Å². The quantitative estimate of drug-likeness (QED) is 0.736. The third kappa shape index (κ3) is 4.44. The largest absolute Gasteiger partial charge is 0.454 e. The van der Waals surface area contributed by atoms with Gasteiger partial charge in [0.2, 0.25) is 24.5 Å². The number of rotatable bonds is 5. The highest BCUT2D eigenvalue weighted by Crippen LogP contribution is 2.35. The van der Waals surface area contributed by atoms with Crippen molar-refractivity contribution in [2.45, 2.75) is 32.2 Å². The molecule has 3 amide bonds. The molecule has 0 radical (unpaired) electrons. The van der Waals surface area contributed by atoms with Crippen molar-refractivity contribution in [3.63, 3.8) is 0 Å². The van der Waals surface area contributed by atoms with Gasteiger partial charge in [0.15, 0.2) is 11.5 Å². The number of likely N-dealkylation sites (tertiary alicyclic amines) is 2. The van der Waals surface area contributed by atoms with Gasteiger partial charge < -0.3 is 24.6 Å². The summed E-state index contributed by atoms with van der Waals surface area (Å²) in [4.78, 5) is 42.2. The highest BCUT2D eigenvalue weighted by molar-refractivity contribution is 5.93. The predicted octanol–water partition coefficient (Wildman–Crippen LogP) is 3.20. The maximum absolute atomic E-state index is 13.1. The number of fused-ring (bicyclic) bond motifs is 1. The number of nitrogens with one attached hydrogen (secondary N) is 1. The van der Waals surface area contributed by atoms with Crippen molar-refractivity contribution in [2.75, 3.05) is 31.7 Å². The van der Waals surface area contributed by atoms with Gasteiger partial charge in [-0.3, -0.25) is 14.4 Å². The first-order valence-electron chi connectivity index (χ1n) is 11.8. The van der Waals surface area contributed by atoms with Crippen molar-refractivity contribution < 1.29 is 23.9 Å². The minimum absolute atomic E-state index is 0.0192. The summed E-state index contributed by atoms with van der Waals surface area (Å²) in [5.74, 6) is 0.808. The van der Waals surface area contributed by atoms with Crippen LogP contribution in [0.5, 0.6) is 11.5 Å². The fourth-order valence-electron chi connectivity index (χ4n) is 5.02. The zero-order valence-electron chi connectivity index (χ0n) is 19.2. The number of ether oxygens (including phenoxy) is 2. The number of anilines is 1. The van der Waals surface area contributed by atoms with Crippen LogP contribution in [0.3, 0.4) is 0 Å². The fraction of sp³-hybridized carbons (Fsp3) is 0.423. The second-order valence-corrected chi connectivity index (χ2v) is 9.19. The molecule has 2 atom stereocenters. The number of hydrogen-bond acceptors (Lipinski definition) is 5. The molecule has 178 valence electrons. The molecule has 2 aromatic rings. The van der Waals surface area contributed by atoms with Crippen LogP contribution < -0.4 is 14.8 Å². The summed E-state index contributed by atoms with van der Waals surface area (Å²) in [5, 5.41) is 2.95. The Balaban J connectivity index is 1.13. The smallest absolute Gasteiger partial charge is 0.231 e. The topological polar surface area (TPSA) is 88.2 Å². The Labute approximate surface area is 198 Å².